The molecule has 0 aromatic rings. The minimum atomic E-state index is 0.180. The standard InChI is InChI=1S/C14H29NO4/c1-3-6-15-13-5-9-18-12-14(13)19-8-4-7-17-11-10-16-2/h13-15H,3-12H2,1-2H3. The van der Waals surface area contributed by atoms with Crippen molar-refractivity contribution in [3.05, 3.63) is 0 Å². The molecule has 0 bridgehead atoms. The molecule has 114 valence electrons. The third kappa shape index (κ3) is 7.84. The van der Waals surface area contributed by atoms with Crippen LogP contribution in [0.3, 0.4) is 0 Å². The number of ether oxygens (including phenoxy) is 4. The Morgan fingerprint density at radius 2 is 2.11 bits per heavy atom. The molecular formula is C14H29NO4. The maximum atomic E-state index is 5.90. The van der Waals surface area contributed by atoms with E-state index in [2.05, 4.69) is 12.2 Å². The lowest BCUT2D eigenvalue weighted by molar-refractivity contribution is -0.0727. The van der Waals surface area contributed by atoms with Gasteiger partial charge >= 0.3 is 0 Å². The van der Waals surface area contributed by atoms with Gasteiger partial charge in [-0.05, 0) is 25.8 Å². The van der Waals surface area contributed by atoms with E-state index in [1.165, 1.54) is 0 Å². The van der Waals surface area contributed by atoms with Gasteiger partial charge in [0.1, 0.15) is 0 Å². The highest BCUT2D eigenvalue weighted by Crippen LogP contribution is 2.11. The molecule has 0 aliphatic carbocycles. The second kappa shape index (κ2) is 11.6. The van der Waals surface area contributed by atoms with Crippen LogP contribution in [0.5, 0.6) is 0 Å². The van der Waals surface area contributed by atoms with Gasteiger partial charge in [-0.25, -0.2) is 0 Å². The molecule has 1 saturated heterocycles. The molecule has 2 atom stereocenters. The van der Waals surface area contributed by atoms with Crippen molar-refractivity contribution in [2.45, 2.75) is 38.3 Å². The van der Waals surface area contributed by atoms with E-state index in [-0.39, 0.29) is 6.10 Å². The molecule has 1 fully saturated rings. The van der Waals surface area contributed by atoms with Crippen LogP contribution in [0.1, 0.15) is 26.2 Å². The van der Waals surface area contributed by atoms with Crippen molar-refractivity contribution in [3.8, 4) is 0 Å². The lowest BCUT2D eigenvalue weighted by atomic mass is 10.1. The summed E-state index contributed by atoms with van der Waals surface area (Å²) in [6.07, 6.45) is 3.28. The summed E-state index contributed by atoms with van der Waals surface area (Å²) in [7, 11) is 1.68. The summed E-state index contributed by atoms with van der Waals surface area (Å²) in [4.78, 5) is 0. The lowest BCUT2D eigenvalue weighted by Crippen LogP contribution is -2.48. The zero-order valence-electron chi connectivity index (χ0n) is 12.4. The fourth-order valence-electron chi connectivity index (χ4n) is 2.08. The minimum absolute atomic E-state index is 0.180. The third-order valence-electron chi connectivity index (χ3n) is 3.16. The first kappa shape index (κ1) is 16.9. The number of hydrogen-bond donors (Lipinski definition) is 1. The van der Waals surface area contributed by atoms with Gasteiger partial charge in [0, 0.05) is 33.0 Å². The van der Waals surface area contributed by atoms with Crippen LogP contribution in [0.4, 0.5) is 0 Å². The van der Waals surface area contributed by atoms with Crippen molar-refractivity contribution in [1.82, 2.24) is 5.32 Å². The van der Waals surface area contributed by atoms with Gasteiger partial charge in [-0.3, -0.25) is 0 Å². The summed E-state index contributed by atoms with van der Waals surface area (Å²) in [5.41, 5.74) is 0. The number of nitrogens with one attached hydrogen (secondary N) is 1. The van der Waals surface area contributed by atoms with E-state index in [1.807, 2.05) is 0 Å². The van der Waals surface area contributed by atoms with Gasteiger partial charge in [0.25, 0.3) is 0 Å². The van der Waals surface area contributed by atoms with E-state index in [4.69, 9.17) is 18.9 Å². The molecule has 5 heteroatoms. The minimum Gasteiger partial charge on any atom is -0.382 e. The Bertz CT molecular complexity index is 204. The van der Waals surface area contributed by atoms with Gasteiger partial charge in [-0.2, -0.15) is 0 Å². The van der Waals surface area contributed by atoms with Crippen molar-refractivity contribution in [2.24, 2.45) is 0 Å². The van der Waals surface area contributed by atoms with E-state index in [0.29, 0.717) is 25.9 Å². The summed E-state index contributed by atoms with van der Waals surface area (Å²) in [5.74, 6) is 0. The van der Waals surface area contributed by atoms with Gasteiger partial charge in [-0.15, -0.1) is 0 Å². The maximum Gasteiger partial charge on any atom is 0.0961 e. The normalized spacial score (nSPS) is 23.7. The van der Waals surface area contributed by atoms with Crippen LogP contribution in [0, 0.1) is 0 Å². The zero-order valence-corrected chi connectivity index (χ0v) is 12.4. The summed E-state index contributed by atoms with van der Waals surface area (Å²) < 4.78 is 21.7. The van der Waals surface area contributed by atoms with Gasteiger partial charge in [0.2, 0.25) is 0 Å². The predicted molar refractivity (Wildman–Crippen MR) is 74.6 cm³/mol. The quantitative estimate of drug-likeness (QED) is 0.574. The van der Waals surface area contributed by atoms with Crippen LogP contribution in [-0.2, 0) is 18.9 Å². The average Bonchev–Trinajstić information content (AvgIpc) is 2.45. The molecule has 0 aromatic carbocycles. The van der Waals surface area contributed by atoms with Gasteiger partial charge in [0.15, 0.2) is 0 Å². The molecule has 1 N–H and O–H groups in total. The number of rotatable bonds is 11. The first-order valence-electron chi connectivity index (χ1n) is 7.38. The maximum absolute atomic E-state index is 5.90. The Morgan fingerprint density at radius 3 is 2.89 bits per heavy atom. The van der Waals surface area contributed by atoms with Crippen molar-refractivity contribution in [2.75, 3.05) is 53.3 Å². The van der Waals surface area contributed by atoms with Crippen molar-refractivity contribution in [1.29, 1.82) is 0 Å². The molecule has 0 radical (unpaired) electrons. The second-order valence-electron chi connectivity index (χ2n) is 4.79. The molecule has 0 aromatic heterocycles. The van der Waals surface area contributed by atoms with Gasteiger partial charge in [0.05, 0.1) is 25.9 Å². The Labute approximate surface area is 116 Å². The highest BCUT2D eigenvalue weighted by atomic mass is 16.5. The molecule has 1 aliphatic rings. The van der Waals surface area contributed by atoms with Gasteiger partial charge in [-0.1, -0.05) is 6.92 Å². The summed E-state index contributed by atoms with van der Waals surface area (Å²) in [6.45, 7) is 7.52. The summed E-state index contributed by atoms with van der Waals surface area (Å²) in [5, 5.41) is 3.54. The molecule has 1 aliphatic heterocycles. The second-order valence-corrected chi connectivity index (χ2v) is 4.79. The van der Waals surface area contributed by atoms with Gasteiger partial charge < -0.3 is 24.3 Å². The van der Waals surface area contributed by atoms with Crippen LogP contribution in [0.25, 0.3) is 0 Å². The van der Waals surface area contributed by atoms with Crippen LogP contribution in [0.15, 0.2) is 0 Å². The predicted octanol–water partition coefficient (Wildman–Crippen LogP) is 1.21. The van der Waals surface area contributed by atoms with Crippen LogP contribution < -0.4 is 5.32 Å². The monoisotopic (exact) mass is 275 g/mol. The van der Waals surface area contributed by atoms with Crippen LogP contribution >= 0.6 is 0 Å². The molecule has 2 unspecified atom stereocenters. The van der Waals surface area contributed by atoms with Crippen molar-refractivity contribution in [3.63, 3.8) is 0 Å². The van der Waals surface area contributed by atoms with Crippen molar-refractivity contribution < 1.29 is 18.9 Å². The Hall–Kier alpha value is -0.200. The Balaban J connectivity index is 2.04. The molecule has 0 amide bonds. The van der Waals surface area contributed by atoms with E-state index in [0.717, 1.165) is 45.6 Å². The number of hydrogen-bond acceptors (Lipinski definition) is 5. The highest BCUT2D eigenvalue weighted by molar-refractivity contribution is 4.80. The summed E-state index contributed by atoms with van der Waals surface area (Å²) in [6, 6.07) is 0.433. The lowest BCUT2D eigenvalue weighted by Gasteiger charge is -2.32. The molecule has 1 heterocycles. The van der Waals surface area contributed by atoms with E-state index in [9.17, 15) is 0 Å². The molecule has 0 saturated carbocycles. The fraction of sp³-hybridized carbons (Fsp3) is 1.00. The Morgan fingerprint density at radius 1 is 1.21 bits per heavy atom. The van der Waals surface area contributed by atoms with E-state index >= 15 is 0 Å². The molecule has 1 rings (SSSR count). The first-order chi connectivity index (χ1) is 9.38. The van der Waals surface area contributed by atoms with E-state index < -0.39 is 0 Å². The van der Waals surface area contributed by atoms with Crippen LogP contribution in [0.2, 0.25) is 0 Å². The Kier molecular flexibility index (Phi) is 10.3. The van der Waals surface area contributed by atoms with E-state index in [1.54, 1.807) is 7.11 Å². The molecule has 19 heavy (non-hydrogen) atoms. The number of methoxy groups -OCH3 is 1. The third-order valence-corrected chi connectivity index (χ3v) is 3.16. The summed E-state index contributed by atoms with van der Waals surface area (Å²) >= 11 is 0. The molecule has 0 spiro atoms. The average molecular weight is 275 g/mol. The smallest absolute Gasteiger partial charge is 0.0961 e. The molecular weight excluding hydrogens is 246 g/mol. The zero-order chi connectivity index (χ0) is 13.8. The van der Waals surface area contributed by atoms with Crippen molar-refractivity contribution >= 4 is 0 Å². The highest BCUT2D eigenvalue weighted by Gasteiger charge is 2.25. The molecule has 5 nitrogen and oxygen atoms in total. The van der Waals surface area contributed by atoms with Crippen LogP contribution in [-0.4, -0.2) is 65.4 Å². The topological polar surface area (TPSA) is 49.0 Å². The first-order valence-corrected chi connectivity index (χ1v) is 7.38. The fourth-order valence-corrected chi connectivity index (χ4v) is 2.08. The largest absolute Gasteiger partial charge is 0.382 e. The SMILES string of the molecule is CCCNC1CCOCC1OCCCOCCOC.